The molecular formula is C13H18FN3O. The highest BCUT2D eigenvalue weighted by molar-refractivity contribution is 5.90. The van der Waals surface area contributed by atoms with Gasteiger partial charge in [-0.1, -0.05) is 13.3 Å². The quantitative estimate of drug-likeness (QED) is 0.723. The maximum atomic E-state index is 13.6. The lowest BCUT2D eigenvalue weighted by molar-refractivity contribution is 0.251. The van der Waals surface area contributed by atoms with Gasteiger partial charge in [0.15, 0.2) is 0 Å². The summed E-state index contributed by atoms with van der Waals surface area (Å²) in [5, 5.41) is 5.30. The number of urea groups is 1. The predicted molar refractivity (Wildman–Crippen MR) is 69.9 cm³/mol. The van der Waals surface area contributed by atoms with E-state index in [1.807, 2.05) is 0 Å². The van der Waals surface area contributed by atoms with E-state index in [1.165, 1.54) is 12.1 Å². The molecule has 2 atom stereocenters. The van der Waals surface area contributed by atoms with Crippen LogP contribution in [0.15, 0.2) is 12.1 Å². The van der Waals surface area contributed by atoms with Crippen molar-refractivity contribution in [1.82, 2.24) is 5.32 Å². The number of nitrogens with two attached hydrogens (primary N) is 1. The summed E-state index contributed by atoms with van der Waals surface area (Å²) in [7, 11) is 0. The van der Waals surface area contributed by atoms with E-state index in [4.69, 9.17) is 5.73 Å². The van der Waals surface area contributed by atoms with E-state index in [9.17, 15) is 9.18 Å². The highest BCUT2D eigenvalue weighted by Crippen LogP contribution is 2.33. The van der Waals surface area contributed by atoms with Crippen LogP contribution >= 0.6 is 0 Å². The van der Waals surface area contributed by atoms with Gasteiger partial charge in [-0.05, 0) is 37.0 Å². The summed E-state index contributed by atoms with van der Waals surface area (Å²) < 4.78 is 13.6. The van der Waals surface area contributed by atoms with Gasteiger partial charge in [0.2, 0.25) is 0 Å². The van der Waals surface area contributed by atoms with Crippen LogP contribution in [0, 0.1) is 18.7 Å². The summed E-state index contributed by atoms with van der Waals surface area (Å²) >= 11 is 0. The second-order valence-electron chi connectivity index (χ2n) is 4.80. The minimum Gasteiger partial charge on any atom is -0.398 e. The van der Waals surface area contributed by atoms with Gasteiger partial charge < -0.3 is 16.4 Å². The van der Waals surface area contributed by atoms with Crippen molar-refractivity contribution in [2.45, 2.75) is 32.7 Å². The van der Waals surface area contributed by atoms with Crippen molar-refractivity contribution in [2.75, 3.05) is 11.1 Å². The van der Waals surface area contributed by atoms with Gasteiger partial charge >= 0.3 is 6.03 Å². The van der Waals surface area contributed by atoms with Crippen LogP contribution in [0.25, 0.3) is 0 Å². The van der Waals surface area contributed by atoms with E-state index < -0.39 is 5.82 Å². The van der Waals surface area contributed by atoms with Gasteiger partial charge in [-0.15, -0.1) is 0 Å². The summed E-state index contributed by atoms with van der Waals surface area (Å²) in [6.45, 7) is 3.81. The Kier molecular flexibility index (Phi) is 3.41. The third kappa shape index (κ3) is 2.72. The Hall–Kier alpha value is -1.78. The van der Waals surface area contributed by atoms with Crippen LogP contribution in [0.2, 0.25) is 0 Å². The molecule has 4 nitrogen and oxygen atoms in total. The summed E-state index contributed by atoms with van der Waals surface area (Å²) in [6.07, 6.45) is 2.05. The number of anilines is 2. The van der Waals surface area contributed by atoms with Gasteiger partial charge in [-0.2, -0.15) is 0 Å². The Bertz CT molecular complexity index is 476. The third-order valence-corrected chi connectivity index (χ3v) is 3.37. The maximum Gasteiger partial charge on any atom is 0.319 e. The largest absolute Gasteiger partial charge is 0.398 e. The van der Waals surface area contributed by atoms with Gasteiger partial charge in [-0.25, -0.2) is 9.18 Å². The van der Waals surface area contributed by atoms with E-state index >= 15 is 0 Å². The molecule has 0 aliphatic heterocycles. The zero-order valence-electron chi connectivity index (χ0n) is 10.6. The Labute approximate surface area is 106 Å². The maximum absolute atomic E-state index is 13.6. The van der Waals surface area contributed by atoms with Gasteiger partial charge in [0.25, 0.3) is 0 Å². The molecule has 0 radical (unpaired) electrons. The molecule has 1 aliphatic carbocycles. The Morgan fingerprint density at radius 3 is 2.89 bits per heavy atom. The average molecular weight is 251 g/mol. The topological polar surface area (TPSA) is 67.2 Å². The van der Waals surface area contributed by atoms with Crippen LogP contribution in [0.1, 0.15) is 25.3 Å². The molecule has 0 spiro atoms. The lowest BCUT2D eigenvalue weighted by Gasteiger charge is -2.10. The summed E-state index contributed by atoms with van der Waals surface area (Å²) in [6, 6.07) is 2.60. The zero-order valence-corrected chi connectivity index (χ0v) is 10.6. The molecule has 4 N–H and O–H groups in total. The number of aryl methyl sites for hydroxylation is 1. The van der Waals surface area contributed by atoms with Crippen LogP contribution in [-0.2, 0) is 0 Å². The Morgan fingerprint density at radius 1 is 1.56 bits per heavy atom. The highest BCUT2D eigenvalue weighted by atomic mass is 19.1. The number of hydrogen-bond acceptors (Lipinski definition) is 2. The van der Waals surface area contributed by atoms with Crippen molar-refractivity contribution in [2.24, 2.45) is 5.92 Å². The Balaban J connectivity index is 1.97. The van der Waals surface area contributed by atoms with Gasteiger partial charge in [-0.3, -0.25) is 0 Å². The van der Waals surface area contributed by atoms with Crippen molar-refractivity contribution in [3.05, 3.63) is 23.5 Å². The molecule has 1 aromatic carbocycles. The van der Waals surface area contributed by atoms with E-state index in [0.29, 0.717) is 17.2 Å². The molecule has 0 bridgehead atoms. The van der Waals surface area contributed by atoms with Crippen molar-refractivity contribution >= 4 is 17.4 Å². The number of hydrogen-bond donors (Lipinski definition) is 3. The Morgan fingerprint density at radius 2 is 2.28 bits per heavy atom. The number of benzene rings is 1. The molecule has 2 rings (SSSR count). The molecule has 1 aliphatic rings. The lowest BCUT2D eigenvalue weighted by atomic mass is 10.2. The number of halogens is 1. The van der Waals surface area contributed by atoms with Crippen LogP contribution in [0.5, 0.6) is 0 Å². The molecule has 1 saturated carbocycles. The van der Waals surface area contributed by atoms with Crippen LogP contribution in [0.4, 0.5) is 20.6 Å². The molecule has 1 aromatic rings. The summed E-state index contributed by atoms with van der Waals surface area (Å²) in [5.74, 6) is 0.0865. The fraction of sp³-hybridized carbons (Fsp3) is 0.462. The second-order valence-corrected chi connectivity index (χ2v) is 4.80. The number of nitrogen functional groups attached to an aromatic ring is 1. The molecule has 1 fully saturated rings. The monoisotopic (exact) mass is 251 g/mol. The van der Waals surface area contributed by atoms with Gasteiger partial charge in [0, 0.05) is 11.7 Å². The van der Waals surface area contributed by atoms with Gasteiger partial charge in [0.1, 0.15) is 5.82 Å². The number of amides is 2. The first-order valence-corrected chi connectivity index (χ1v) is 6.14. The fourth-order valence-electron chi connectivity index (χ4n) is 1.99. The predicted octanol–water partition coefficient (Wildman–Crippen LogP) is 2.64. The number of carbonyl (C=O) groups excluding carboxylic acids is 1. The van der Waals surface area contributed by atoms with Crippen LogP contribution in [-0.4, -0.2) is 12.1 Å². The molecule has 2 unspecified atom stereocenters. The lowest BCUT2D eigenvalue weighted by Crippen LogP contribution is -2.31. The first-order chi connectivity index (χ1) is 8.51. The minimum absolute atomic E-state index is 0.115. The van der Waals surface area contributed by atoms with E-state index in [2.05, 4.69) is 17.6 Å². The SMILES string of the molecule is CCC1CC1NC(=O)Nc1cc(N)c(C)cc1F. The molecule has 2 amide bonds. The highest BCUT2D eigenvalue weighted by Gasteiger charge is 2.36. The molecule has 18 heavy (non-hydrogen) atoms. The van der Waals surface area contributed by atoms with E-state index in [0.717, 1.165) is 12.8 Å². The standard InChI is InChI=1S/C13H18FN3O/c1-3-8-5-11(8)16-13(18)17-12-6-10(15)7(2)4-9(12)14/h4,6,8,11H,3,5,15H2,1-2H3,(H2,16,17,18). The van der Waals surface area contributed by atoms with E-state index in [-0.39, 0.29) is 17.8 Å². The molecule has 5 heteroatoms. The number of nitrogens with one attached hydrogen (secondary N) is 2. The second kappa shape index (κ2) is 4.84. The third-order valence-electron chi connectivity index (χ3n) is 3.37. The van der Waals surface area contributed by atoms with Crippen LogP contribution in [0.3, 0.4) is 0 Å². The molecule has 98 valence electrons. The summed E-state index contributed by atoms with van der Waals surface area (Å²) in [5.41, 5.74) is 6.92. The van der Waals surface area contributed by atoms with Crippen molar-refractivity contribution in [3.63, 3.8) is 0 Å². The van der Waals surface area contributed by atoms with Crippen LogP contribution < -0.4 is 16.4 Å². The number of carbonyl (C=O) groups is 1. The smallest absolute Gasteiger partial charge is 0.319 e. The molecule has 0 saturated heterocycles. The average Bonchev–Trinajstić information content (AvgIpc) is 3.04. The van der Waals surface area contributed by atoms with Crippen molar-refractivity contribution in [1.29, 1.82) is 0 Å². The van der Waals surface area contributed by atoms with Gasteiger partial charge in [0.05, 0.1) is 5.69 Å². The fourth-order valence-corrected chi connectivity index (χ4v) is 1.99. The first kappa shape index (κ1) is 12.7. The zero-order chi connectivity index (χ0) is 13.3. The molecule has 0 aromatic heterocycles. The molecular weight excluding hydrogens is 233 g/mol. The normalized spacial score (nSPS) is 21.5. The van der Waals surface area contributed by atoms with Crippen molar-refractivity contribution < 1.29 is 9.18 Å². The number of rotatable bonds is 3. The van der Waals surface area contributed by atoms with E-state index in [1.54, 1.807) is 6.92 Å². The molecule has 0 heterocycles. The first-order valence-electron chi connectivity index (χ1n) is 6.14. The van der Waals surface area contributed by atoms with Crippen molar-refractivity contribution in [3.8, 4) is 0 Å². The summed E-state index contributed by atoms with van der Waals surface area (Å²) in [4.78, 5) is 11.6. The minimum atomic E-state index is -0.473.